The minimum absolute atomic E-state index is 1.13. The Morgan fingerprint density at radius 2 is 1.70 bits per heavy atom. The van der Waals surface area contributed by atoms with Gasteiger partial charge in [-0.2, -0.15) is 5.10 Å². The average molecular weight is 258 g/mol. The lowest BCUT2D eigenvalue weighted by Crippen LogP contribution is -1.94. The molecule has 4 aromatic rings. The van der Waals surface area contributed by atoms with E-state index in [9.17, 15) is 0 Å². The molecule has 0 aliphatic rings. The van der Waals surface area contributed by atoms with Gasteiger partial charge in [-0.3, -0.25) is 0 Å². The summed E-state index contributed by atoms with van der Waals surface area (Å²) in [4.78, 5) is 0. The molecular weight excluding hydrogens is 244 g/mol. The molecule has 96 valence electrons. The van der Waals surface area contributed by atoms with E-state index < -0.39 is 0 Å². The van der Waals surface area contributed by atoms with E-state index in [1.54, 1.807) is 0 Å². The van der Waals surface area contributed by atoms with Gasteiger partial charge in [-0.05, 0) is 24.4 Å². The normalized spacial score (nSPS) is 11.2. The summed E-state index contributed by atoms with van der Waals surface area (Å²) >= 11 is 0. The molecule has 20 heavy (non-hydrogen) atoms. The minimum Gasteiger partial charge on any atom is -0.232 e. The molecule has 0 radical (unpaired) electrons. The van der Waals surface area contributed by atoms with Gasteiger partial charge in [-0.1, -0.05) is 54.1 Å². The lowest BCUT2D eigenvalue weighted by atomic mass is 10.0. The molecule has 0 unspecified atom stereocenters. The third-order valence-corrected chi connectivity index (χ3v) is 3.75. The zero-order chi connectivity index (χ0) is 13.5. The van der Waals surface area contributed by atoms with E-state index >= 15 is 0 Å². The molecule has 0 bridgehead atoms. The van der Waals surface area contributed by atoms with E-state index in [2.05, 4.69) is 72.7 Å². The van der Waals surface area contributed by atoms with Crippen LogP contribution >= 0.6 is 0 Å². The summed E-state index contributed by atoms with van der Waals surface area (Å²) in [7, 11) is 0. The van der Waals surface area contributed by atoms with Gasteiger partial charge in [0, 0.05) is 10.9 Å². The van der Waals surface area contributed by atoms with Crippen LogP contribution in [-0.4, -0.2) is 9.61 Å². The van der Waals surface area contributed by atoms with Crippen molar-refractivity contribution in [3.63, 3.8) is 0 Å². The van der Waals surface area contributed by atoms with Gasteiger partial charge in [0.1, 0.15) is 0 Å². The molecule has 2 heterocycles. The Balaban J connectivity index is 2.11. The van der Waals surface area contributed by atoms with Crippen LogP contribution in [0.4, 0.5) is 0 Å². The Morgan fingerprint density at radius 3 is 2.55 bits per heavy atom. The van der Waals surface area contributed by atoms with Crippen LogP contribution in [0.5, 0.6) is 0 Å². The van der Waals surface area contributed by atoms with Crippen LogP contribution < -0.4 is 0 Å². The minimum atomic E-state index is 1.13. The summed E-state index contributed by atoms with van der Waals surface area (Å²) in [5.74, 6) is 0. The van der Waals surface area contributed by atoms with Gasteiger partial charge < -0.3 is 0 Å². The Hall–Kier alpha value is -2.61. The van der Waals surface area contributed by atoms with Crippen LogP contribution in [0.15, 0.2) is 66.9 Å². The van der Waals surface area contributed by atoms with E-state index in [0.29, 0.717) is 0 Å². The molecular formula is C18H14N2. The quantitative estimate of drug-likeness (QED) is 0.492. The SMILES string of the molecule is Cc1ccc(-c2cc3ccccc3c3ccnn23)cc1. The van der Waals surface area contributed by atoms with Crippen LogP contribution in [0, 0.1) is 6.92 Å². The highest BCUT2D eigenvalue weighted by Crippen LogP contribution is 2.28. The number of fused-ring (bicyclic) bond motifs is 3. The van der Waals surface area contributed by atoms with Gasteiger partial charge in [0.25, 0.3) is 0 Å². The highest BCUT2D eigenvalue weighted by Gasteiger charge is 2.08. The number of nitrogens with zero attached hydrogens (tertiary/aromatic N) is 2. The molecule has 0 saturated heterocycles. The zero-order valence-corrected chi connectivity index (χ0v) is 11.2. The monoisotopic (exact) mass is 258 g/mol. The maximum atomic E-state index is 4.48. The van der Waals surface area contributed by atoms with Crippen molar-refractivity contribution in [1.82, 2.24) is 9.61 Å². The zero-order valence-electron chi connectivity index (χ0n) is 11.2. The maximum Gasteiger partial charge on any atom is 0.0747 e. The van der Waals surface area contributed by atoms with Crippen LogP contribution in [0.25, 0.3) is 27.5 Å². The lowest BCUT2D eigenvalue weighted by Gasteiger charge is -2.09. The number of pyridine rings is 1. The van der Waals surface area contributed by atoms with Crippen LogP contribution in [0.3, 0.4) is 0 Å². The van der Waals surface area contributed by atoms with Crippen molar-refractivity contribution in [2.24, 2.45) is 0 Å². The number of hydrogen-bond acceptors (Lipinski definition) is 1. The molecule has 0 spiro atoms. The molecule has 0 aliphatic carbocycles. The van der Waals surface area contributed by atoms with Crippen molar-refractivity contribution in [1.29, 1.82) is 0 Å². The van der Waals surface area contributed by atoms with Crippen molar-refractivity contribution in [3.05, 3.63) is 72.4 Å². The van der Waals surface area contributed by atoms with E-state index in [-0.39, 0.29) is 0 Å². The van der Waals surface area contributed by atoms with E-state index in [0.717, 1.165) is 11.2 Å². The fourth-order valence-corrected chi connectivity index (χ4v) is 2.69. The molecule has 2 nitrogen and oxygen atoms in total. The largest absolute Gasteiger partial charge is 0.232 e. The van der Waals surface area contributed by atoms with Crippen molar-refractivity contribution in [2.45, 2.75) is 6.92 Å². The summed E-state index contributed by atoms with van der Waals surface area (Å²) in [6.07, 6.45) is 1.86. The van der Waals surface area contributed by atoms with Crippen molar-refractivity contribution >= 4 is 16.3 Å². The first-order valence-corrected chi connectivity index (χ1v) is 6.75. The molecule has 0 N–H and O–H groups in total. The van der Waals surface area contributed by atoms with Gasteiger partial charge >= 0.3 is 0 Å². The third kappa shape index (κ3) is 1.62. The number of hydrogen-bond donors (Lipinski definition) is 0. The summed E-state index contributed by atoms with van der Waals surface area (Å²) in [6.45, 7) is 2.10. The molecule has 2 aromatic heterocycles. The second-order valence-electron chi connectivity index (χ2n) is 5.11. The van der Waals surface area contributed by atoms with Crippen LogP contribution in [-0.2, 0) is 0 Å². The van der Waals surface area contributed by atoms with Crippen molar-refractivity contribution in [2.75, 3.05) is 0 Å². The first kappa shape index (κ1) is 11.2. The first-order chi connectivity index (χ1) is 9.83. The fourth-order valence-electron chi connectivity index (χ4n) is 2.69. The molecule has 0 fully saturated rings. The number of aryl methyl sites for hydroxylation is 1. The van der Waals surface area contributed by atoms with Gasteiger partial charge in [-0.25, -0.2) is 4.52 Å². The predicted octanol–water partition coefficient (Wildman–Crippen LogP) is 4.46. The molecule has 0 amide bonds. The molecule has 2 heteroatoms. The molecule has 0 saturated carbocycles. The van der Waals surface area contributed by atoms with Crippen LogP contribution in [0.1, 0.15) is 5.56 Å². The number of benzene rings is 2. The molecule has 4 rings (SSSR count). The second-order valence-corrected chi connectivity index (χ2v) is 5.11. The summed E-state index contributed by atoms with van der Waals surface area (Å²) in [5, 5.41) is 6.97. The smallest absolute Gasteiger partial charge is 0.0747 e. The van der Waals surface area contributed by atoms with Crippen molar-refractivity contribution < 1.29 is 0 Å². The van der Waals surface area contributed by atoms with E-state index in [4.69, 9.17) is 0 Å². The standard InChI is InChI=1S/C18H14N2/c1-13-6-8-14(9-7-13)18-12-15-4-2-3-5-16(15)17-10-11-19-20(17)18/h2-12H,1H3. The Labute approximate surface area is 117 Å². The third-order valence-electron chi connectivity index (χ3n) is 3.75. The molecule has 0 atom stereocenters. The Bertz CT molecular complexity index is 902. The maximum absolute atomic E-state index is 4.48. The number of aromatic nitrogens is 2. The van der Waals surface area contributed by atoms with Crippen molar-refractivity contribution in [3.8, 4) is 11.3 Å². The lowest BCUT2D eigenvalue weighted by molar-refractivity contribution is 0.975. The van der Waals surface area contributed by atoms with Gasteiger partial charge in [0.15, 0.2) is 0 Å². The summed E-state index contributed by atoms with van der Waals surface area (Å²) in [6, 6.07) is 21.3. The summed E-state index contributed by atoms with van der Waals surface area (Å²) in [5.41, 5.74) is 4.74. The molecule has 0 aliphatic heterocycles. The summed E-state index contributed by atoms with van der Waals surface area (Å²) < 4.78 is 2.02. The van der Waals surface area contributed by atoms with Crippen LogP contribution in [0.2, 0.25) is 0 Å². The fraction of sp³-hybridized carbons (Fsp3) is 0.0556. The highest BCUT2D eigenvalue weighted by molar-refractivity contribution is 5.98. The van der Waals surface area contributed by atoms with Gasteiger partial charge in [0.05, 0.1) is 17.4 Å². The molecule has 2 aromatic carbocycles. The van der Waals surface area contributed by atoms with E-state index in [1.807, 2.05) is 10.7 Å². The number of rotatable bonds is 1. The first-order valence-electron chi connectivity index (χ1n) is 6.75. The Morgan fingerprint density at radius 1 is 0.900 bits per heavy atom. The van der Waals surface area contributed by atoms with E-state index in [1.165, 1.54) is 21.9 Å². The Kier molecular flexibility index (Phi) is 2.36. The van der Waals surface area contributed by atoms with Gasteiger partial charge in [-0.15, -0.1) is 0 Å². The highest BCUT2D eigenvalue weighted by atomic mass is 15.2. The predicted molar refractivity (Wildman–Crippen MR) is 82.9 cm³/mol. The average Bonchev–Trinajstić information content (AvgIpc) is 2.97. The second kappa shape index (κ2) is 4.20. The topological polar surface area (TPSA) is 17.3 Å². The van der Waals surface area contributed by atoms with Gasteiger partial charge in [0.2, 0.25) is 0 Å².